The third kappa shape index (κ3) is 24.3. The van der Waals surface area contributed by atoms with Crippen LogP contribution < -0.4 is 0 Å². The molecule has 2 unspecified atom stereocenters. The number of methoxy groups -OCH3 is 2. The van der Waals surface area contributed by atoms with Crippen molar-refractivity contribution < 1.29 is 208 Å². The van der Waals surface area contributed by atoms with Crippen LogP contribution in [0.4, 0.5) is 4.53 Å². The van der Waals surface area contributed by atoms with Crippen LogP contribution in [0.5, 0.6) is 0 Å². The number of allylic oxidation sites excluding steroid dienone is 2. The van der Waals surface area contributed by atoms with Gasteiger partial charge < -0.3 is 129 Å². The molecule has 3 aliphatic heterocycles. The Bertz CT molecular complexity index is 2110. The molecule has 8 aliphatic rings. The number of fused-ring (bicyclic) bond motifs is 7. The molecular weight excluding hydrogens is 1530 g/mol. The molecule has 0 aromatic carbocycles. The quantitative estimate of drug-likeness (QED) is 0.0188. The fraction of sp³-hybridized carbons (Fsp3) is 0.908. The van der Waals surface area contributed by atoms with Gasteiger partial charge in [-0.15, -0.1) is 0 Å². The number of aliphatic hydroxyl groups is 10. The zero-order chi connectivity index (χ0) is 70.9. The number of hydrogen-bond acceptors (Lipinski definition) is 24. The van der Waals surface area contributed by atoms with Gasteiger partial charge in [0, 0.05) is 81.3 Å². The predicted octanol–water partition coefficient (Wildman–Crippen LogP) is 4.80. The Morgan fingerprint density at radius 3 is 1.75 bits per heavy atom. The molecular formula is C65H123CdFO25RuSY-. The van der Waals surface area contributed by atoms with Crippen LogP contribution in [0.3, 0.4) is 0 Å². The average Bonchev–Trinajstić information content (AvgIpc) is 0.691. The molecule has 0 aromatic heterocycles. The molecule has 26 atom stereocenters. The molecule has 2 radical (unpaired) electrons. The number of carbonyl (C=O) groups is 3. The van der Waals surface area contributed by atoms with Gasteiger partial charge in [-0.05, 0) is 118 Å². The van der Waals surface area contributed by atoms with E-state index in [1.807, 2.05) is 55.4 Å². The summed E-state index contributed by atoms with van der Waals surface area (Å²) >= 11 is 4.08. The summed E-state index contributed by atoms with van der Waals surface area (Å²) in [5.41, 5.74) is -1.27. The number of hydrogen-bond donors (Lipinski definition) is 13. The Labute approximate surface area is 629 Å². The van der Waals surface area contributed by atoms with Gasteiger partial charge in [0.1, 0.15) is 73.4 Å². The Kier molecular flexibility index (Phi) is 54.0. The first kappa shape index (κ1) is 104. The maximum Gasteiger partial charge on any atom is 1.00 e. The third-order valence-electron chi connectivity index (χ3n) is 19.7. The molecule has 13 N–H and O–H groups in total. The van der Waals surface area contributed by atoms with Crippen molar-refractivity contribution in [1.29, 1.82) is 0 Å². The molecule has 25 nitrogen and oxygen atoms in total. The molecule has 0 amide bonds. The van der Waals surface area contributed by atoms with Crippen molar-refractivity contribution >= 4 is 30.9 Å². The summed E-state index contributed by atoms with van der Waals surface area (Å²) in [6.07, 6.45) is -16.3. The largest absolute Gasteiger partial charge is 1.00 e. The van der Waals surface area contributed by atoms with Crippen LogP contribution >= 0.6 is 0 Å². The number of carbonyl (C=O) groups excluding carboxylic acids is 1. The Morgan fingerprint density at radius 1 is 0.705 bits per heavy atom. The van der Waals surface area contributed by atoms with Crippen molar-refractivity contribution in [3.63, 3.8) is 0 Å². The maximum absolute atomic E-state index is 13.7. The van der Waals surface area contributed by atoms with Gasteiger partial charge in [0.25, 0.3) is 0 Å². The van der Waals surface area contributed by atoms with Crippen LogP contribution in [0, 0.1) is 58.2 Å². The van der Waals surface area contributed by atoms with Crippen molar-refractivity contribution in [3.8, 4) is 0 Å². The minimum atomic E-state index is -2.12. The first-order valence-corrected chi connectivity index (χ1v) is 33.2. The predicted molar refractivity (Wildman–Crippen MR) is 342 cm³/mol. The molecule has 0 bridgehead atoms. The van der Waals surface area contributed by atoms with Crippen molar-refractivity contribution in [1.82, 2.24) is 0 Å². The molecule has 95 heavy (non-hydrogen) atoms. The van der Waals surface area contributed by atoms with Crippen LogP contribution in [-0.4, -0.2) is 243 Å². The van der Waals surface area contributed by atoms with Gasteiger partial charge in [0.2, 0.25) is 0 Å². The van der Waals surface area contributed by atoms with E-state index in [0.717, 1.165) is 45.5 Å². The second-order valence-electron chi connectivity index (χ2n) is 24.8. The van der Waals surface area contributed by atoms with Gasteiger partial charge in [0.05, 0.1) is 42.9 Å². The molecule has 0 spiro atoms. The Morgan fingerprint density at radius 2 is 1.24 bits per heavy atom. The number of halogens is 1. The third-order valence-corrected chi connectivity index (χ3v) is 19.7. The molecule has 7 fully saturated rings. The number of ether oxygens (including phenoxy) is 9. The summed E-state index contributed by atoms with van der Waals surface area (Å²) in [5.74, 6) is -2.35. The molecule has 30 heteroatoms. The summed E-state index contributed by atoms with van der Waals surface area (Å²) < 4.78 is 59.3. The number of aliphatic carboxylic acids is 2. The fourth-order valence-electron chi connectivity index (χ4n) is 15.1. The number of aldehydes is 1. The first-order chi connectivity index (χ1) is 43.1. The van der Waals surface area contributed by atoms with E-state index in [4.69, 9.17) is 57.6 Å². The summed E-state index contributed by atoms with van der Waals surface area (Å²) in [4.78, 5) is 39.5. The summed E-state index contributed by atoms with van der Waals surface area (Å²) in [6.45, 7) is 29.3. The van der Waals surface area contributed by atoms with E-state index in [0.29, 0.717) is 25.7 Å². The molecule has 3 heterocycles. The Balaban J connectivity index is -0.000000782. The minimum absolute atomic E-state index is 0. The van der Waals surface area contributed by atoms with Gasteiger partial charge in [-0.1, -0.05) is 106 Å². The minimum Gasteiger partial charge on any atom is -0.796 e. The molecule has 3 saturated heterocycles. The van der Waals surface area contributed by atoms with Crippen molar-refractivity contribution in [2.45, 2.75) is 279 Å². The van der Waals surface area contributed by atoms with Gasteiger partial charge in [-0.25, -0.2) is 10.1 Å². The second kappa shape index (κ2) is 49.2. The molecule has 4 saturated carbocycles. The van der Waals surface area contributed by atoms with Crippen molar-refractivity contribution in [2.24, 2.45) is 50.7 Å². The van der Waals surface area contributed by atoms with Crippen molar-refractivity contribution in [3.05, 3.63) is 19.1 Å². The zero-order valence-electron chi connectivity index (χ0n) is 60.2. The number of carboxylic acids is 2. The summed E-state index contributed by atoms with van der Waals surface area (Å²) in [5, 5.41) is 128. The van der Waals surface area contributed by atoms with Crippen LogP contribution in [0.15, 0.2) is 11.6 Å². The molecule has 8 rings (SSSR count). The topological polar surface area (TPSA) is 397 Å². The first-order valence-electron chi connectivity index (χ1n) is 32.4. The summed E-state index contributed by atoms with van der Waals surface area (Å²) in [7, 11) is 4.09. The number of aliphatic hydroxyl groups excluding tert-OH is 10. The van der Waals surface area contributed by atoms with Crippen molar-refractivity contribution in [2.75, 3.05) is 47.4 Å². The second-order valence-corrected chi connectivity index (χ2v) is 24.8. The SMILES string of the molecule is CC.CC.CC.CC.CC1(C)CC[C@]2(C(=O)O)CCC3C(=CC[C@@H]4[C@@]5(C)CC[C@H](O[C@@H]6O[C@H](C(=O)O)[C@@H](O)[C@H](O[C@@H]7OC[C@@H](O)[C@H](O)[C@H]7O)[C@H]6O[C@@H]6OC(CO)[C@H](O)[C@H](O)[C@H]6O)[C@@](C)(C=O)[C@@H]5CC[C@@]34C)[C@@H]2C1.CO.COC[C@@H](O)[C@@H](C)O[C@@H](C)OC.C[S-].OF.[CH3-].[Cd].[Ru+].[Y]. The van der Waals surface area contributed by atoms with E-state index < -0.39 is 140 Å². The molecule has 560 valence electrons. The van der Waals surface area contributed by atoms with Gasteiger partial charge in [0.15, 0.2) is 31.3 Å². The number of carboxylic acid groups (broad SMARTS) is 2. The van der Waals surface area contributed by atoms with E-state index in [2.05, 4.69) is 46.4 Å². The van der Waals surface area contributed by atoms with E-state index in [-0.39, 0.29) is 147 Å². The average molecular weight is 1660 g/mol. The van der Waals surface area contributed by atoms with E-state index in [9.17, 15) is 70.6 Å². The van der Waals surface area contributed by atoms with Gasteiger partial charge in [-0.3, -0.25) is 4.79 Å². The Hall–Kier alpha value is 0.479. The standard InChI is InChI=1S/C46H70O19.C8H18O4.4C2H6.CH4O.CH4S.CH3.Cd.FHO.Ru.Y/c1-42(2)14-15-46(41(58)59)13-8-21-20(22(46)16-42)6-7-25-43(21,3)11-9-26-44(25,4)12-10-27(45(26,5)19-48)62-40-36(65-39-32(54)30(52)29(51)24(17-47)61-39)34(33(55)35(64-40)37(56)57)63-38-31(53)28(50)23(49)18-60-38;1-6(8(9)5-10-3)12-7(2)11-4;6*1-2;;;1-2;;/h6,19,21-36,38-40,47,49-55H,7-18H2,1-5H3,(H,56,57)(H,58,59);6-9H,5H2,1-4H3;4*1-2H3;2*2H,1H3;1H3;;2H;;/q;;;;;;;;-1;;;+1;/p-1/t21?,22-,23+,24?,25-,26+,27-,28-,29-,30-,31+,32+,33-,34-,35-,36+,38-,39-,40+,43-,44+,45-,46+;6-,7+,8-;;;;;;;;;;;/m01.........../s1. The van der Waals surface area contributed by atoms with E-state index in [1.54, 1.807) is 34.1 Å². The van der Waals surface area contributed by atoms with E-state index in [1.165, 1.54) is 12.7 Å². The fourth-order valence-corrected chi connectivity index (χ4v) is 15.1. The van der Waals surface area contributed by atoms with Crippen LogP contribution in [0.25, 0.3) is 0 Å². The summed E-state index contributed by atoms with van der Waals surface area (Å²) in [6, 6.07) is 0. The zero-order valence-corrected chi connectivity index (χ0v) is 69.6. The van der Waals surface area contributed by atoms with Crippen LogP contribution in [0.1, 0.15) is 168 Å². The smallest absolute Gasteiger partial charge is 0.796 e. The van der Waals surface area contributed by atoms with Crippen LogP contribution in [-0.2, 0) is 149 Å². The normalized spacial score (nSPS) is 39.1. The van der Waals surface area contributed by atoms with Crippen LogP contribution in [0.2, 0.25) is 0 Å². The number of rotatable bonds is 16. The maximum atomic E-state index is 13.7. The van der Waals surface area contributed by atoms with Gasteiger partial charge in [-0.2, -0.15) is 6.26 Å². The van der Waals surface area contributed by atoms with E-state index >= 15 is 0 Å². The van der Waals surface area contributed by atoms with Gasteiger partial charge >= 0.3 is 31.4 Å². The molecule has 5 aliphatic carbocycles. The molecule has 0 aromatic rings. The monoisotopic (exact) mass is 1660 g/mol.